The van der Waals surface area contributed by atoms with E-state index in [2.05, 4.69) is 34.5 Å². The zero-order valence-corrected chi connectivity index (χ0v) is 16.2. The first-order chi connectivity index (χ1) is 13.7. The molecule has 5 nitrogen and oxygen atoms in total. The zero-order valence-electron chi connectivity index (χ0n) is 16.2. The number of rotatable bonds is 4. The summed E-state index contributed by atoms with van der Waals surface area (Å²) in [7, 11) is 3.35. The Morgan fingerprint density at radius 1 is 1.00 bits per heavy atom. The summed E-state index contributed by atoms with van der Waals surface area (Å²) < 4.78 is 11.2. The second-order valence-corrected chi connectivity index (χ2v) is 7.70. The number of nitrogens with one attached hydrogen (secondary N) is 1. The van der Waals surface area contributed by atoms with Gasteiger partial charge in [0.2, 0.25) is 6.41 Å². The summed E-state index contributed by atoms with van der Waals surface area (Å²) in [5.41, 5.74) is 3.64. The number of hydrogen-bond acceptors (Lipinski definition) is 4. The molecule has 5 rings (SSSR count). The molecule has 0 radical (unpaired) electrons. The van der Waals surface area contributed by atoms with Crippen molar-refractivity contribution in [3.63, 3.8) is 0 Å². The predicted octanol–water partition coefficient (Wildman–Crippen LogP) is 4.10. The summed E-state index contributed by atoms with van der Waals surface area (Å²) in [6.45, 7) is 2.16. The lowest BCUT2D eigenvalue weighted by Crippen LogP contribution is -2.35. The monoisotopic (exact) mass is 376 g/mol. The van der Waals surface area contributed by atoms with Gasteiger partial charge < -0.3 is 14.8 Å². The van der Waals surface area contributed by atoms with Crippen LogP contribution in [0.3, 0.4) is 0 Å². The second-order valence-electron chi connectivity index (χ2n) is 7.70. The minimum Gasteiger partial charge on any atom is -0.493 e. The number of anilines is 1. The summed E-state index contributed by atoms with van der Waals surface area (Å²) in [6.07, 6.45) is 4.35. The van der Waals surface area contributed by atoms with Crippen molar-refractivity contribution in [1.82, 2.24) is 4.90 Å². The number of ether oxygens (including phenoxy) is 2. The molecule has 0 bridgehead atoms. The van der Waals surface area contributed by atoms with Gasteiger partial charge in [0.15, 0.2) is 11.5 Å². The molecule has 0 spiro atoms. The normalized spacial score (nSPS) is 18.7. The molecule has 1 saturated heterocycles. The van der Waals surface area contributed by atoms with Gasteiger partial charge >= 0.3 is 0 Å². The molecular formula is C23H24N2O3. The van der Waals surface area contributed by atoms with Crippen LogP contribution >= 0.6 is 0 Å². The molecule has 1 fully saturated rings. The fourth-order valence-corrected chi connectivity index (χ4v) is 5.05. The van der Waals surface area contributed by atoms with Gasteiger partial charge in [-0.05, 0) is 82.7 Å². The molecule has 1 amide bonds. The highest BCUT2D eigenvalue weighted by atomic mass is 16.5. The second kappa shape index (κ2) is 6.67. The smallest absolute Gasteiger partial charge is 0.211 e. The summed E-state index contributed by atoms with van der Waals surface area (Å²) in [6, 6.07) is 11.0. The van der Waals surface area contributed by atoms with Crippen LogP contribution in [0.5, 0.6) is 11.5 Å². The maximum absolute atomic E-state index is 11.0. The van der Waals surface area contributed by atoms with E-state index in [0.717, 1.165) is 47.3 Å². The SMILES string of the molecule is COc1cc2c3c(c4ccc(NC=O)cc4c2cc1OC)C[C@@H]1CCCN1C3. The van der Waals surface area contributed by atoms with Crippen LogP contribution in [-0.2, 0) is 17.8 Å². The van der Waals surface area contributed by atoms with E-state index in [1.165, 1.54) is 41.3 Å². The average Bonchev–Trinajstić information content (AvgIpc) is 3.19. The number of benzene rings is 3. The standard InChI is InChI=1S/C23H24N2O3/c1-27-22-10-19-17-8-14(24-13-26)5-6-16(17)18-9-15-4-3-7-25(15)12-21(18)20(19)11-23(22)28-2/h5-6,8,10-11,13,15H,3-4,7,9,12H2,1-2H3,(H,24,26)/t15-/m0/s1. The maximum Gasteiger partial charge on any atom is 0.211 e. The first-order valence-electron chi connectivity index (χ1n) is 9.81. The quantitative estimate of drug-likeness (QED) is 0.550. The van der Waals surface area contributed by atoms with E-state index >= 15 is 0 Å². The van der Waals surface area contributed by atoms with E-state index in [1.807, 2.05) is 6.07 Å². The molecule has 144 valence electrons. The van der Waals surface area contributed by atoms with Crippen molar-refractivity contribution >= 4 is 33.6 Å². The van der Waals surface area contributed by atoms with Gasteiger partial charge in [-0.2, -0.15) is 0 Å². The molecule has 5 heteroatoms. The van der Waals surface area contributed by atoms with Crippen LogP contribution in [0.25, 0.3) is 21.5 Å². The van der Waals surface area contributed by atoms with Crippen LogP contribution in [-0.4, -0.2) is 38.1 Å². The van der Waals surface area contributed by atoms with Crippen molar-refractivity contribution in [3.8, 4) is 11.5 Å². The van der Waals surface area contributed by atoms with E-state index < -0.39 is 0 Å². The minimum absolute atomic E-state index is 0.640. The molecule has 2 aliphatic rings. The van der Waals surface area contributed by atoms with E-state index in [9.17, 15) is 4.79 Å². The highest BCUT2D eigenvalue weighted by molar-refractivity contribution is 6.13. The summed E-state index contributed by atoms with van der Waals surface area (Å²) in [5.74, 6) is 1.47. The lowest BCUT2D eigenvalue weighted by Gasteiger charge is -2.33. The molecule has 0 aromatic heterocycles. The number of methoxy groups -OCH3 is 2. The van der Waals surface area contributed by atoms with E-state index in [-0.39, 0.29) is 0 Å². The Kier molecular flexibility index (Phi) is 4.13. The number of carbonyl (C=O) groups excluding carboxylic acids is 1. The molecule has 1 atom stereocenters. The molecular weight excluding hydrogens is 352 g/mol. The van der Waals surface area contributed by atoms with Gasteiger partial charge in [0.05, 0.1) is 14.2 Å². The van der Waals surface area contributed by atoms with Crippen molar-refractivity contribution in [2.45, 2.75) is 31.8 Å². The molecule has 0 unspecified atom stereocenters. The Balaban J connectivity index is 1.86. The lowest BCUT2D eigenvalue weighted by atomic mass is 9.85. The number of amides is 1. The third-order valence-corrected chi connectivity index (χ3v) is 6.37. The van der Waals surface area contributed by atoms with Gasteiger partial charge in [0.1, 0.15) is 0 Å². The van der Waals surface area contributed by atoms with Crippen LogP contribution in [0, 0.1) is 0 Å². The van der Waals surface area contributed by atoms with Gasteiger partial charge in [-0.1, -0.05) is 6.07 Å². The van der Waals surface area contributed by atoms with Crippen LogP contribution in [0.2, 0.25) is 0 Å². The minimum atomic E-state index is 0.640. The van der Waals surface area contributed by atoms with Crippen LogP contribution in [0.1, 0.15) is 24.0 Å². The molecule has 3 aromatic rings. The maximum atomic E-state index is 11.0. The number of carbonyl (C=O) groups is 1. The Labute approximate surface area is 164 Å². The summed E-state index contributed by atoms with van der Waals surface area (Å²) in [4.78, 5) is 13.6. The van der Waals surface area contributed by atoms with Crippen molar-refractivity contribution in [1.29, 1.82) is 0 Å². The topological polar surface area (TPSA) is 50.8 Å². The number of hydrogen-bond donors (Lipinski definition) is 1. The van der Waals surface area contributed by atoms with E-state index in [0.29, 0.717) is 6.04 Å². The Morgan fingerprint density at radius 3 is 2.50 bits per heavy atom. The Morgan fingerprint density at radius 2 is 1.75 bits per heavy atom. The van der Waals surface area contributed by atoms with E-state index in [4.69, 9.17) is 9.47 Å². The zero-order chi connectivity index (χ0) is 19.3. The van der Waals surface area contributed by atoms with Crippen molar-refractivity contribution in [2.75, 3.05) is 26.1 Å². The number of nitrogens with zero attached hydrogens (tertiary/aromatic N) is 1. The van der Waals surface area contributed by atoms with Crippen LogP contribution < -0.4 is 14.8 Å². The highest BCUT2D eigenvalue weighted by Gasteiger charge is 2.32. The predicted molar refractivity (Wildman–Crippen MR) is 111 cm³/mol. The van der Waals surface area contributed by atoms with Crippen molar-refractivity contribution in [2.24, 2.45) is 0 Å². The van der Waals surface area contributed by atoms with Gasteiger partial charge in [-0.3, -0.25) is 9.69 Å². The van der Waals surface area contributed by atoms with Gasteiger partial charge in [0, 0.05) is 18.3 Å². The first kappa shape index (κ1) is 17.3. The average molecular weight is 376 g/mol. The summed E-state index contributed by atoms with van der Waals surface area (Å²) in [5, 5.41) is 7.56. The first-order valence-corrected chi connectivity index (χ1v) is 9.81. The molecule has 2 aliphatic heterocycles. The third kappa shape index (κ3) is 2.53. The van der Waals surface area contributed by atoms with Crippen LogP contribution in [0.15, 0.2) is 30.3 Å². The molecule has 1 N–H and O–H groups in total. The fourth-order valence-electron chi connectivity index (χ4n) is 5.05. The van der Waals surface area contributed by atoms with Crippen molar-refractivity contribution < 1.29 is 14.3 Å². The molecule has 0 aliphatic carbocycles. The number of fused-ring (bicyclic) bond motifs is 7. The molecule has 28 heavy (non-hydrogen) atoms. The summed E-state index contributed by atoms with van der Waals surface area (Å²) >= 11 is 0. The lowest BCUT2D eigenvalue weighted by molar-refractivity contribution is -0.105. The molecule has 0 saturated carbocycles. The van der Waals surface area contributed by atoms with Gasteiger partial charge in [-0.25, -0.2) is 0 Å². The largest absolute Gasteiger partial charge is 0.493 e. The fraction of sp³-hybridized carbons (Fsp3) is 0.348. The van der Waals surface area contributed by atoms with Crippen molar-refractivity contribution in [3.05, 3.63) is 41.5 Å². The Bertz CT molecular complexity index is 1090. The Hall–Kier alpha value is -2.79. The molecule has 3 aromatic carbocycles. The molecule has 2 heterocycles. The van der Waals surface area contributed by atoms with Gasteiger partial charge in [0.25, 0.3) is 0 Å². The highest BCUT2D eigenvalue weighted by Crippen LogP contribution is 2.44. The van der Waals surface area contributed by atoms with Crippen LogP contribution in [0.4, 0.5) is 5.69 Å². The van der Waals surface area contributed by atoms with E-state index in [1.54, 1.807) is 14.2 Å². The van der Waals surface area contributed by atoms with Gasteiger partial charge in [-0.15, -0.1) is 0 Å². The third-order valence-electron chi connectivity index (χ3n) is 6.37.